The Morgan fingerprint density at radius 2 is 1.79 bits per heavy atom. The molecule has 0 radical (unpaired) electrons. The summed E-state index contributed by atoms with van der Waals surface area (Å²) in [4.78, 5) is 21.0. The van der Waals surface area contributed by atoms with Gasteiger partial charge in [-0.15, -0.1) is 0 Å². The van der Waals surface area contributed by atoms with Crippen LogP contribution in [0, 0.1) is 0 Å². The molecule has 0 bridgehead atoms. The molecule has 3 rings (SSSR count). The van der Waals surface area contributed by atoms with Crippen molar-refractivity contribution in [3.63, 3.8) is 0 Å². The molecule has 1 amide bonds. The van der Waals surface area contributed by atoms with Crippen molar-refractivity contribution in [2.75, 3.05) is 32.4 Å². The fourth-order valence-corrected chi connectivity index (χ4v) is 3.21. The van der Waals surface area contributed by atoms with E-state index in [0.29, 0.717) is 33.8 Å². The number of benzene rings is 1. The van der Waals surface area contributed by atoms with E-state index in [2.05, 4.69) is 20.4 Å². The molecular weight excluding hydrogens is 382 g/mol. The predicted molar refractivity (Wildman–Crippen MR) is 105 cm³/mol. The van der Waals surface area contributed by atoms with Crippen molar-refractivity contribution >= 4 is 23.4 Å². The van der Waals surface area contributed by atoms with Crippen LogP contribution in [0.15, 0.2) is 48.0 Å². The lowest BCUT2D eigenvalue weighted by atomic mass is 10.2. The van der Waals surface area contributed by atoms with Crippen LogP contribution in [0.2, 0.25) is 0 Å². The number of carbonyl (C=O) groups is 1. The smallest absolute Gasteiger partial charge is 0.234 e. The normalized spacial score (nSPS) is 10.4. The van der Waals surface area contributed by atoms with Gasteiger partial charge in [0.25, 0.3) is 0 Å². The van der Waals surface area contributed by atoms with Crippen molar-refractivity contribution in [1.82, 2.24) is 19.7 Å². The number of amides is 1. The summed E-state index contributed by atoms with van der Waals surface area (Å²) >= 11 is 1.27. The number of aromatic nitrogens is 4. The van der Waals surface area contributed by atoms with Crippen molar-refractivity contribution in [2.45, 2.75) is 5.03 Å². The Hall–Kier alpha value is -3.27. The minimum absolute atomic E-state index is 0.142. The summed E-state index contributed by atoms with van der Waals surface area (Å²) in [5, 5.41) is 7.58. The molecule has 2 aromatic heterocycles. The van der Waals surface area contributed by atoms with Crippen molar-refractivity contribution in [1.29, 1.82) is 0 Å². The highest BCUT2D eigenvalue weighted by Gasteiger charge is 2.15. The van der Waals surface area contributed by atoms with Crippen LogP contribution in [-0.2, 0) is 4.79 Å². The third-order valence-corrected chi connectivity index (χ3v) is 4.62. The second-order valence-corrected chi connectivity index (χ2v) is 6.35. The topological polar surface area (TPSA) is 100 Å². The van der Waals surface area contributed by atoms with Crippen molar-refractivity contribution in [2.24, 2.45) is 0 Å². The molecule has 10 heteroatoms. The molecule has 0 saturated carbocycles. The third kappa shape index (κ3) is 4.34. The van der Waals surface area contributed by atoms with Crippen molar-refractivity contribution in [3.8, 4) is 23.1 Å². The maximum absolute atomic E-state index is 12.4. The zero-order valence-electron chi connectivity index (χ0n) is 15.6. The second-order valence-electron chi connectivity index (χ2n) is 5.39. The van der Waals surface area contributed by atoms with Gasteiger partial charge in [0.2, 0.25) is 11.7 Å². The van der Waals surface area contributed by atoms with Gasteiger partial charge in [0.15, 0.2) is 17.3 Å². The number of nitrogens with one attached hydrogen (secondary N) is 1. The first-order valence-corrected chi connectivity index (χ1v) is 9.18. The van der Waals surface area contributed by atoms with Gasteiger partial charge in [-0.2, -0.15) is 5.10 Å². The molecule has 0 aliphatic rings. The first-order valence-electron chi connectivity index (χ1n) is 8.20. The van der Waals surface area contributed by atoms with E-state index >= 15 is 0 Å². The van der Waals surface area contributed by atoms with Gasteiger partial charge >= 0.3 is 0 Å². The molecular formula is C18H19N5O4S. The Labute approximate surface area is 166 Å². The van der Waals surface area contributed by atoms with E-state index in [1.54, 1.807) is 47.7 Å². The number of ether oxygens (including phenoxy) is 3. The molecule has 2 heterocycles. The minimum Gasteiger partial charge on any atom is -0.493 e. The molecule has 28 heavy (non-hydrogen) atoms. The summed E-state index contributed by atoms with van der Waals surface area (Å²) in [6, 6.07) is 5.13. The van der Waals surface area contributed by atoms with Crippen LogP contribution in [0.3, 0.4) is 0 Å². The summed E-state index contributed by atoms with van der Waals surface area (Å²) in [7, 11) is 4.56. The molecule has 0 saturated heterocycles. The fourth-order valence-electron chi connectivity index (χ4n) is 2.46. The third-order valence-electron chi connectivity index (χ3n) is 3.66. The Kier molecular flexibility index (Phi) is 6.33. The molecule has 0 spiro atoms. The maximum atomic E-state index is 12.4. The summed E-state index contributed by atoms with van der Waals surface area (Å²) in [5.74, 6) is 1.87. The number of thioether (sulfide) groups is 1. The fraction of sp³-hybridized carbons (Fsp3) is 0.222. The quantitative estimate of drug-likeness (QED) is 0.575. The van der Waals surface area contributed by atoms with E-state index in [0.717, 1.165) is 0 Å². The molecule has 0 unspecified atom stereocenters. The van der Waals surface area contributed by atoms with Gasteiger partial charge in [0.05, 0.1) is 27.1 Å². The monoisotopic (exact) mass is 401 g/mol. The van der Waals surface area contributed by atoms with E-state index in [4.69, 9.17) is 14.2 Å². The van der Waals surface area contributed by atoms with Crippen LogP contribution >= 0.6 is 11.8 Å². The van der Waals surface area contributed by atoms with Gasteiger partial charge in [0, 0.05) is 42.6 Å². The van der Waals surface area contributed by atoms with Crippen LogP contribution in [0.5, 0.6) is 17.2 Å². The van der Waals surface area contributed by atoms with E-state index in [1.807, 2.05) is 0 Å². The number of nitrogens with zero attached hydrogens (tertiary/aromatic N) is 4. The summed E-state index contributed by atoms with van der Waals surface area (Å²) in [5.41, 5.74) is 0.534. The van der Waals surface area contributed by atoms with Crippen LogP contribution in [0.4, 0.5) is 5.69 Å². The number of carbonyl (C=O) groups excluding carboxylic acids is 1. The van der Waals surface area contributed by atoms with Crippen LogP contribution < -0.4 is 19.5 Å². The molecule has 3 aromatic rings. The Bertz CT molecular complexity index is 924. The van der Waals surface area contributed by atoms with E-state index in [9.17, 15) is 4.79 Å². The maximum Gasteiger partial charge on any atom is 0.234 e. The van der Waals surface area contributed by atoms with Crippen LogP contribution in [-0.4, -0.2) is 52.7 Å². The van der Waals surface area contributed by atoms with Gasteiger partial charge in [-0.05, 0) is 6.07 Å². The number of rotatable bonds is 8. The lowest BCUT2D eigenvalue weighted by molar-refractivity contribution is -0.113. The minimum atomic E-state index is -0.212. The van der Waals surface area contributed by atoms with Gasteiger partial charge in [-0.25, -0.2) is 14.6 Å². The molecule has 0 aliphatic heterocycles. The lowest BCUT2D eigenvalue weighted by Crippen LogP contribution is -2.15. The van der Waals surface area contributed by atoms with Crippen molar-refractivity contribution < 1.29 is 19.0 Å². The van der Waals surface area contributed by atoms with Gasteiger partial charge in [-0.3, -0.25) is 4.79 Å². The molecule has 1 N–H and O–H groups in total. The zero-order chi connectivity index (χ0) is 19.9. The van der Waals surface area contributed by atoms with Gasteiger partial charge in [0.1, 0.15) is 5.03 Å². The predicted octanol–water partition coefficient (Wildman–Crippen LogP) is 2.42. The Morgan fingerprint density at radius 1 is 1.07 bits per heavy atom. The Balaban J connectivity index is 1.71. The summed E-state index contributed by atoms with van der Waals surface area (Å²) in [6.45, 7) is 0. The standard InChI is InChI=1S/C18H19N5O4S/c1-25-13-9-12(10-14(26-2)16(13)27-3)22-15(24)11-28-18-17(19-6-7-20-18)23-8-4-5-21-23/h4-10H,11H2,1-3H3,(H,22,24). The van der Waals surface area contributed by atoms with Gasteiger partial charge in [-0.1, -0.05) is 11.8 Å². The average Bonchev–Trinajstić information content (AvgIpc) is 3.26. The summed E-state index contributed by atoms with van der Waals surface area (Å²) in [6.07, 6.45) is 6.58. The number of anilines is 1. The largest absolute Gasteiger partial charge is 0.493 e. The first-order chi connectivity index (χ1) is 13.7. The Morgan fingerprint density at radius 3 is 2.39 bits per heavy atom. The highest BCUT2D eigenvalue weighted by molar-refractivity contribution is 8.00. The number of hydrogen-bond acceptors (Lipinski definition) is 8. The van der Waals surface area contributed by atoms with E-state index in [1.165, 1.54) is 33.1 Å². The highest BCUT2D eigenvalue weighted by atomic mass is 32.2. The lowest BCUT2D eigenvalue weighted by Gasteiger charge is -2.14. The highest BCUT2D eigenvalue weighted by Crippen LogP contribution is 2.40. The molecule has 0 aliphatic carbocycles. The zero-order valence-corrected chi connectivity index (χ0v) is 16.4. The molecule has 1 aromatic carbocycles. The average molecular weight is 401 g/mol. The first kappa shape index (κ1) is 19.5. The number of methoxy groups -OCH3 is 3. The SMILES string of the molecule is COc1cc(NC(=O)CSc2nccnc2-n2cccn2)cc(OC)c1OC. The van der Waals surface area contributed by atoms with Crippen LogP contribution in [0.1, 0.15) is 0 Å². The molecule has 0 atom stereocenters. The summed E-state index contributed by atoms with van der Waals surface area (Å²) < 4.78 is 17.5. The number of hydrogen-bond donors (Lipinski definition) is 1. The molecule has 146 valence electrons. The van der Waals surface area contributed by atoms with E-state index < -0.39 is 0 Å². The van der Waals surface area contributed by atoms with Gasteiger partial charge < -0.3 is 19.5 Å². The molecule has 0 fully saturated rings. The van der Waals surface area contributed by atoms with E-state index in [-0.39, 0.29) is 11.7 Å². The second kappa shape index (κ2) is 9.09. The molecule has 9 nitrogen and oxygen atoms in total. The van der Waals surface area contributed by atoms with Crippen LogP contribution in [0.25, 0.3) is 5.82 Å². The van der Waals surface area contributed by atoms with Crippen molar-refractivity contribution in [3.05, 3.63) is 43.0 Å².